The first-order chi connectivity index (χ1) is 56.1. The van der Waals surface area contributed by atoms with Crippen molar-refractivity contribution in [3.63, 3.8) is 0 Å². The van der Waals surface area contributed by atoms with Gasteiger partial charge in [0.25, 0.3) is 0 Å². The molecule has 0 spiro atoms. The lowest BCUT2D eigenvalue weighted by Gasteiger charge is -2.14. The fourth-order valence-electron chi connectivity index (χ4n) is 11.5. The predicted octanol–water partition coefficient (Wildman–Crippen LogP) is 13.4. The standard InChI is InChI=1S/C19H26BrN6O2P.C19H27N6O2P.C17H23N6O3P.C16H19BrN6.C5H13O2P.B2/c1-4-6-10-22-19-24-16(21)15-17(25-19)26(18(20)23-15)12-13-8-7-9-14(11-13)29(3,27)28-5-2;1-4-6-10-21-19-23-17(20)16-18(24-19)25(13-22-16)12-14-8-7-9-15(11-14)28(3,26)27-5-2;1-3-4-8-19-16-21-14(18)13-15(22-16)23(17(24)20-13)10-11-6-5-7-12(9-11)27(2,25)26;1-2-3-7-19-16-21-14(18)13-15(22-16)23(10-20-13)9-11-5-4-6-12(17)8-11;1-4-6-8(3)7-5-2;1-2/h7-9,11H,4-6,10,12H2,1-3H3,(H3,21,22,24,25);7-9,11,13H,4-6,10,12H2,1-3H3,(H3,20,21,23,24);5-7,9H,3-4,8,10H2,1-2H3,(H,20,24)(H,25,26)(H3,18,19,21,22);4-6,8,10H,2-3,7,9H2,1H3,(H3,18,19,21,22);4-5H2,1-3H3;. The van der Waals surface area contributed by atoms with Crippen molar-refractivity contribution in [2.45, 2.75) is 133 Å². The van der Waals surface area contributed by atoms with Gasteiger partial charge in [0.2, 0.25) is 45.9 Å². The monoisotopic (exact) mass is 1800 g/mol. The van der Waals surface area contributed by atoms with E-state index in [4.69, 9.17) is 41.0 Å². The topological polar surface area (TPSA) is 455 Å². The zero-order chi connectivity index (χ0) is 85.4. The number of nitrogen functional groups attached to an aromatic ring is 4. The quantitative estimate of drug-likeness (QED) is 0.00763. The maximum absolute atomic E-state index is 12.8. The van der Waals surface area contributed by atoms with Gasteiger partial charge in [-0.15, -0.1) is 0 Å². The third-order valence-electron chi connectivity index (χ3n) is 17.3. The van der Waals surface area contributed by atoms with Crippen molar-refractivity contribution >= 4 is 185 Å². The summed E-state index contributed by atoms with van der Waals surface area (Å²) in [4.78, 5) is 73.3. The molecular weight excluding hydrogens is 1700 g/mol. The van der Waals surface area contributed by atoms with E-state index >= 15 is 0 Å². The van der Waals surface area contributed by atoms with Crippen molar-refractivity contribution in [3.8, 4) is 0 Å². The van der Waals surface area contributed by atoms with E-state index in [0.717, 1.165) is 111 Å². The van der Waals surface area contributed by atoms with Crippen LogP contribution in [0.5, 0.6) is 0 Å². The molecule has 0 fully saturated rings. The van der Waals surface area contributed by atoms with E-state index in [1.807, 2.05) is 109 Å². The highest BCUT2D eigenvalue weighted by Crippen LogP contribution is 2.43. The van der Waals surface area contributed by atoms with Gasteiger partial charge in [0.1, 0.15) is 16.6 Å². The molecule has 14 N–H and O–H groups in total. The SMILES string of the molecule is CCCCNc1nc(N)c2[nH]c(=O)n(Cc3cccc(P(C)(=O)O)c3)c2n1.CCCCNc1nc(N)c2nc(Br)n(Cc3cccc(P(C)(=O)OCC)c3)c2n1.CCCCNc1nc(N)c2ncn(Cc3cccc(Br)c3)c2n1.CCCCNc1nc(N)c2ncn(Cc3cccc(P(C)(=O)OCC)c3)c2n1.CCOP(C)OCC.[B][B]. The molecule has 117 heavy (non-hydrogen) atoms. The van der Waals surface area contributed by atoms with Crippen LogP contribution in [0, 0.1) is 0 Å². The van der Waals surface area contributed by atoms with Crippen LogP contribution in [0.25, 0.3) is 44.7 Å². The fraction of sp³-hybridized carbons (Fsp3) is 0.421. The summed E-state index contributed by atoms with van der Waals surface area (Å²) in [6.45, 7) is 30.0. The van der Waals surface area contributed by atoms with Gasteiger partial charge >= 0.3 is 5.69 Å². The number of H-pyrrole nitrogens is 1. The maximum Gasteiger partial charge on any atom is 0.328 e. The summed E-state index contributed by atoms with van der Waals surface area (Å²) in [5.41, 5.74) is 32.2. The molecule has 626 valence electrons. The second-order valence-electron chi connectivity index (χ2n) is 26.6. The minimum absolute atomic E-state index is 0.192. The van der Waals surface area contributed by atoms with E-state index in [2.05, 4.69) is 168 Å². The number of rotatable bonds is 35. The van der Waals surface area contributed by atoms with E-state index in [0.29, 0.717) is 146 Å². The number of halogens is 2. The number of nitrogens with one attached hydrogen (secondary N) is 5. The van der Waals surface area contributed by atoms with Crippen LogP contribution in [0.2, 0.25) is 0 Å². The molecule has 8 heterocycles. The maximum atomic E-state index is 12.8. The van der Waals surface area contributed by atoms with E-state index in [-0.39, 0.29) is 18.1 Å². The Morgan fingerprint density at radius 1 is 0.470 bits per heavy atom. The van der Waals surface area contributed by atoms with Crippen molar-refractivity contribution < 1.29 is 36.7 Å². The molecule has 0 bridgehead atoms. The van der Waals surface area contributed by atoms with Crippen molar-refractivity contribution in [2.75, 3.05) is 123 Å². The lowest BCUT2D eigenvalue weighted by atomic mass is 9.81. The number of nitrogens with two attached hydrogens (primary N) is 4. The molecule has 0 saturated carbocycles. The highest BCUT2D eigenvalue weighted by molar-refractivity contribution is 9.10. The number of fused-ring (bicyclic) bond motifs is 4. The number of anilines is 8. The Labute approximate surface area is 703 Å². The normalized spacial score (nSPS) is 12.6. The number of hydrogen-bond acceptors (Lipinski definition) is 27. The van der Waals surface area contributed by atoms with Crippen molar-refractivity contribution in [2.24, 2.45) is 0 Å². The Balaban J connectivity index is 0.000000208. The van der Waals surface area contributed by atoms with E-state index < -0.39 is 30.5 Å². The number of aromatic amines is 1. The highest BCUT2D eigenvalue weighted by Gasteiger charge is 2.24. The summed E-state index contributed by atoms with van der Waals surface area (Å²) < 4.78 is 67.4. The Bertz CT molecular complexity index is 5380. The molecule has 0 aliphatic heterocycles. The molecule has 12 aromatic rings. The van der Waals surface area contributed by atoms with Crippen molar-refractivity contribution in [3.05, 3.63) is 152 Å². The van der Waals surface area contributed by atoms with Crippen LogP contribution < -0.4 is 65.8 Å². The number of hydrogen-bond donors (Lipinski definition) is 10. The number of benzene rings is 4. The van der Waals surface area contributed by atoms with Gasteiger partial charge in [-0.1, -0.05) is 118 Å². The molecule has 3 unspecified atom stereocenters. The molecule has 0 saturated heterocycles. The minimum Gasteiger partial charge on any atom is -0.382 e. The minimum atomic E-state index is -3.38. The van der Waals surface area contributed by atoms with Crippen LogP contribution in [-0.4, -0.2) is 178 Å². The number of imidazole rings is 4. The first-order valence-electron chi connectivity index (χ1n) is 38.5. The van der Waals surface area contributed by atoms with E-state index in [1.165, 1.54) is 11.2 Å². The van der Waals surface area contributed by atoms with Gasteiger partial charge in [0, 0.05) is 88.7 Å². The summed E-state index contributed by atoms with van der Waals surface area (Å²) in [5.74, 6) is 3.19. The van der Waals surface area contributed by atoms with Crippen molar-refractivity contribution in [1.82, 2.24) is 78.1 Å². The van der Waals surface area contributed by atoms with Crippen LogP contribution in [0.4, 0.5) is 47.1 Å². The average Bonchev–Trinajstić information content (AvgIpc) is 1.66. The Kier molecular flexibility index (Phi) is 38.5. The van der Waals surface area contributed by atoms with E-state index in [9.17, 15) is 23.4 Å². The fourth-order valence-corrected chi connectivity index (χ4v) is 16.8. The molecule has 12 rings (SSSR count). The summed E-state index contributed by atoms with van der Waals surface area (Å²) in [7, 11) is -1.63. The molecular formula is C76H108B2Br2N24O9P4. The Hall–Kier alpha value is -8.71. The predicted molar refractivity (Wildman–Crippen MR) is 486 cm³/mol. The van der Waals surface area contributed by atoms with Gasteiger partial charge in [-0.25, -0.2) is 19.7 Å². The van der Waals surface area contributed by atoms with Gasteiger partial charge in [-0.3, -0.25) is 22.8 Å². The number of unbranched alkanes of at least 4 members (excludes halogenated alkanes) is 4. The highest BCUT2D eigenvalue weighted by atomic mass is 79.9. The third kappa shape index (κ3) is 28.2. The summed E-state index contributed by atoms with van der Waals surface area (Å²) >= 11 is 7.00. The average molecular weight is 1810 g/mol. The van der Waals surface area contributed by atoms with Crippen LogP contribution in [0.15, 0.2) is 124 Å². The third-order valence-corrected chi connectivity index (χ3v) is 24.8. The second-order valence-corrected chi connectivity index (χ2v) is 36.8. The molecule has 4 aromatic carbocycles. The van der Waals surface area contributed by atoms with Crippen molar-refractivity contribution in [1.29, 1.82) is 0 Å². The Morgan fingerprint density at radius 2 is 0.838 bits per heavy atom. The van der Waals surface area contributed by atoms with Gasteiger partial charge in [0.15, 0.2) is 64.5 Å². The second kappa shape index (κ2) is 47.2. The lowest BCUT2D eigenvalue weighted by molar-refractivity contribution is 0.274. The lowest BCUT2D eigenvalue weighted by Crippen LogP contribution is -2.18. The van der Waals surface area contributed by atoms with Gasteiger partial charge in [-0.2, -0.15) is 39.9 Å². The van der Waals surface area contributed by atoms with E-state index in [1.54, 1.807) is 50.2 Å². The van der Waals surface area contributed by atoms with Gasteiger partial charge in [-0.05, 0) is 140 Å². The van der Waals surface area contributed by atoms with Gasteiger partial charge < -0.3 is 81.3 Å². The molecule has 0 aliphatic rings. The molecule has 8 aromatic heterocycles. The van der Waals surface area contributed by atoms with Gasteiger partial charge in [0.05, 0.1) is 65.3 Å². The first-order valence-corrected chi connectivity index (χ1v) is 48.0. The number of nitrogens with zero attached hydrogens (tertiary/aromatic N) is 15. The van der Waals surface area contributed by atoms with Crippen LogP contribution >= 0.6 is 62.3 Å². The largest absolute Gasteiger partial charge is 0.382 e. The first kappa shape index (κ1) is 95.4. The zero-order valence-electron chi connectivity index (χ0n) is 68.5. The molecule has 41 heteroatoms. The van der Waals surface area contributed by atoms with Crippen LogP contribution in [0.3, 0.4) is 0 Å². The smallest absolute Gasteiger partial charge is 0.328 e. The molecule has 33 nitrogen and oxygen atoms in total. The number of aromatic nitrogens is 16. The summed E-state index contributed by atoms with van der Waals surface area (Å²) in [5, 5.41) is 14.5. The molecule has 4 radical (unpaired) electrons. The molecule has 0 amide bonds. The molecule has 0 aliphatic carbocycles. The molecule has 3 atom stereocenters. The summed E-state index contributed by atoms with van der Waals surface area (Å²) in [6.07, 6.45) is 11.9. The van der Waals surface area contributed by atoms with Crippen LogP contribution in [-0.2, 0) is 58.0 Å². The Morgan fingerprint density at radius 3 is 1.25 bits per heavy atom. The van der Waals surface area contributed by atoms with Crippen LogP contribution in [0.1, 0.15) is 129 Å². The summed E-state index contributed by atoms with van der Waals surface area (Å²) in [6, 6.07) is 30.1. The zero-order valence-corrected chi connectivity index (χ0v) is 75.2.